The van der Waals surface area contributed by atoms with Crippen molar-refractivity contribution in [2.75, 3.05) is 4.90 Å². The number of rotatable bonds is 6. The quantitative estimate of drug-likeness (QED) is 0.169. The van der Waals surface area contributed by atoms with Crippen molar-refractivity contribution in [1.82, 2.24) is 4.57 Å². The number of hydrogen-bond donors (Lipinski definition) is 0. The van der Waals surface area contributed by atoms with Gasteiger partial charge < -0.3 is 13.9 Å². The molecule has 3 heteroatoms. The second-order valence-electron chi connectivity index (χ2n) is 15.9. The summed E-state index contributed by atoms with van der Waals surface area (Å²) in [6.07, 6.45) is 5.03. The first-order chi connectivity index (χ1) is 28.8. The summed E-state index contributed by atoms with van der Waals surface area (Å²) in [4.78, 5) is 2.50. The second-order valence-corrected chi connectivity index (χ2v) is 15.9. The lowest BCUT2D eigenvalue weighted by molar-refractivity contribution is 0.670. The van der Waals surface area contributed by atoms with Crippen LogP contribution in [0.5, 0.6) is 0 Å². The first-order valence-corrected chi connectivity index (χ1v) is 20.6. The highest BCUT2D eigenvalue weighted by Crippen LogP contribution is 2.49. The van der Waals surface area contributed by atoms with Crippen molar-refractivity contribution in [3.05, 3.63) is 194 Å². The number of aromatic nitrogens is 1. The van der Waals surface area contributed by atoms with E-state index in [0.29, 0.717) is 5.92 Å². The van der Waals surface area contributed by atoms with Crippen molar-refractivity contribution in [3.8, 4) is 16.8 Å². The Kier molecular flexibility index (Phi) is 7.56. The molecule has 0 N–H and O–H groups in total. The molecule has 0 unspecified atom stereocenters. The predicted octanol–water partition coefficient (Wildman–Crippen LogP) is 15.8. The predicted molar refractivity (Wildman–Crippen MR) is 244 cm³/mol. The highest BCUT2D eigenvalue weighted by molar-refractivity contribution is 6.21. The summed E-state index contributed by atoms with van der Waals surface area (Å²) >= 11 is 0. The Balaban J connectivity index is 1.17. The molecule has 0 radical (unpaired) electrons. The van der Waals surface area contributed by atoms with Gasteiger partial charge in [-0.2, -0.15) is 0 Å². The number of hydrogen-bond acceptors (Lipinski definition) is 2. The molecular formula is C55H40N2O. The average molecular weight is 745 g/mol. The second kappa shape index (κ2) is 13.2. The largest absolute Gasteiger partial charge is 0.455 e. The van der Waals surface area contributed by atoms with Gasteiger partial charge >= 0.3 is 0 Å². The number of benzene rings is 9. The van der Waals surface area contributed by atoms with Crippen molar-refractivity contribution < 1.29 is 4.42 Å². The van der Waals surface area contributed by atoms with E-state index in [1.165, 1.54) is 85.7 Å². The van der Waals surface area contributed by atoms with Crippen LogP contribution in [-0.4, -0.2) is 4.57 Å². The van der Waals surface area contributed by atoms with E-state index in [0.717, 1.165) is 44.7 Å². The lowest BCUT2D eigenvalue weighted by Gasteiger charge is -2.29. The molecule has 0 amide bonds. The Labute approximate surface area is 337 Å². The van der Waals surface area contributed by atoms with Crippen LogP contribution in [0.25, 0.3) is 82.1 Å². The molecule has 3 nitrogen and oxygen atoms in total. The Morgan fingerprint density at radius 1 is 0.448 bits per heavy atom. The van der Waals surface area contributed by atoms with E-state index in [4.69, 9.17) is 4.42 Å². The lowest BCUT2D eigenvalue weighted by Crippen LogP contribution is -2.12. The maximum absolute atomic E-state index is 6.87. The summed E-state index contributed by atoms with van der Waals surface area (Å²) in [5.74, 6) is 0.551. The standard InChI is InChI=1S/C55H40N2O/c1-2-16-36(17-3-1)38-20-14-21-39(34-38)56(52-35-47-54-40(37-18-4-5-19-37)28-15-31-53(54)58-55(47)46-27-9-8-26-45(46)52)50-32-33-51(44-23-7-6-22-43(44)50)57-48-29-12-10-24-41(48)42-25-11-13-30-49(42)57/h1-3,6-17,20-35,37H,4-5,18-19H2. The van der Waals surface area contributed by atoms with Crippen LogP contribution < -0.4 is 4.90 Å². The molecule has 276 valence electrons. The van der Waals surface area contributed by atoms with Crippen LogP contribution in [0.2, 0.25) is 0 Å². The van der Waals surface area contributed by atoms with Gasteiger partial charge in [-0.05, 0) is 84.0 Å². The number of para-hydroxylation sites is 2. The summed E-state index contributed by atoms with van der Waals surface area (Å²) in [7, 11) is 0. The zero-order valence-corrected chi connectivity index (χ0v) is 32.1. The van der Waals surface area contributed by atoms with Crippen LogP contribution in [0.15, 0.2) is 192 Å². The zero-order chi connectivity index (χ0) is 38.2. The number of fused-ring (bicyclic) bond motifs is 9. The van der Waals surface area contributed by atoms with E-state index in [2.05, 4.69) is 198 Å². The van der Waals surface area contributed by atoms with E-state index in [9.17, 15) is 0 Å². The maximum Gasteiger partial charge on any atom is 0.143 e. The third kappa shape index (κ3) is 5.06. The van der Waals surface area contributed by atoms with Gasteiger partial charge in [0.05, 0.1) is 28.1 Å². The molecule has 0 saturated heterocycles. The fraction of sp³-hybridized carbons (Fsp3) is 0.0909. The first kappa shape index (κ1) is 33.1. The van der Waals surface area contributed by atoms with Crippen molar-refractivity contribution >= 4 is 82.4 Å². The highest BCUT2D eigenvalue weighted by Gasteiger charge is 2.26. The van der Waals surface area contributed by atoms with Crippen molar-refractivity contribution in [2.45, 2.75) is 31.6 Å². The molecule has 0 spiro atoms. The van der Waals surface area contributed by atoms with Crippen LogP contribution in [0.3, 0.4) is 0 Å². The van der Waals surface area contributed by atoms with Gasteiger partial charge in [0.15, 0.2) is 0 Å². The summed E-state index contributed by atoms with van der Waals surface area (Å²) in [5.41, 5.74) is 12.7. The molecule has 1 fully saturated rings. The Bertz CT molecular complexity index is 3310. The van der Waals surface area contributed by atoms with Gasteiger partial charge in [-0.3, -0.25) is 0 Å². The Hall–Kier alpha value is -7.10. The normalized spacial score (nSPS) is 13.5. The minimum atomic E-state index is 0.551. The van der Waals surface area contributed by atoms with Crippen molar-refractivity contribution in [1.29, 1.82) is 0 Å². The third-order valence-corrected chi connectivity index (χ3v) is 12.7. The molecule has 2 heterocycles. The topological polar surface area (TPSA) is 21.3 Å². The molecule has 11 aromatic rings. The van der Waals surface area contributed by atoms with E-state index in [-0.39, 0.29) is 0 Å². The summed E-state index contributed by atoms with van der Waals surface area (Å²) in [6.45, 7) is 0. The van der Waals surface area contributed by atoms with Crippen molar-refractivity contribution in [2.24, 2.45) is 0 Å². The lowest BCUT2D eigenvalue weighted by atomic mass is 9.92. The molecule has 1 aliphatic rings. The molecule has 1 aliphatic carbocycles. The molecule has 9 aromatic carbocycles. The SMILES string of the molecule is c1ccc(-c2cccc(N(c3ccc(-n4c5ccccc5c5ccccc54)c4ccccc34)c3cc4c(oc5cccc(C6CCCC6)c54)c4ccccc34)c2)cc1. The smallest absolute Gasteiger partial charge is 0.143 e. The monoisotopic (exact) mass is 744 g/mol. The van der Waals surface area contributed by atoms with Gasteiger partial charge in [0.25, 0.3) is 0 Å². The first-order valence-electron chi connectivity index (χ1n) is 20.6. The Morgan fingerprint density at radius 2 is 1.05 bits per heavy atom. The summed E-state index contributed by atoms with van der Waals surface area (Å²) in [6, 6.07) is 68.8. The molecule has 0 atom stereocenters. The average Bonchev–Trinajstić information content (AvgIpc) is 4.05. The molecule has 58 heavy (non-hydrogen) atoms. The highest BCUT2D eigenvalue weighted by atomic mass is 16.3. The number of nitrogens with zero attached hydrogens (tertiary/aromatic N) is 2. The number of anilines is 3. The zero-order valence-electron chi connectivity index (χ0n) is 32.1. The van der Waals surface area contributed by atoms with Crippen molar-refractivity contribution in [3.63, 3.8) is 0 Å². The molecule has 1 saturated carbocycles. The fourth-order valence-electron chi connectivity index (χ4n) is 10.1. The maximum atomic E-state index is 6.87. The van der Waals surface area contributed by atoms with E-state index in [1.54, 1.807) is 0 Å². The molecule has 0 bridgehead atoms. The minimum Gasteiger partial charge on any atom is -0.455 e. The Morgan fingerprint density at radius 3 is 1.79 bits per heavy atom. The van der Waals surface area contributed by atoms with E-state index < -0.39 is 0 Å². The van der Waals surface area contributed by atoms with Gasteiger partial charge in [0.2, 0.25) is 0 Å². The van der Waals surface area contributed by atoms with Crippen LogP contribution in [0.4, 0.5) is 17.1 Å². The van der Waals surface area contributed by atoms with Gasteiger partial charge in [-0.1, -0.05) is 152 Å². The summed E-state index contributed by atoms with van der Waals surface area (Å²) < 4.78 is 9.31. The number of furan rings is 1. The summed E-state index contributed by atoms with van der Waals surface area (Å²) in [5, 5.41) is 9.61. The van der Waals surface area contributed by atoms with Crippen LogP contribution in [0, 0.1) is 0 Å². The molecule has 12 rings (SSSR count). The minimum absolute atomic E-state index is 0.551. The molecule has 0 aliphatic heterocycles. The fourth-order valence-corrected chi connectivity index (χ4v) is 10.1. The molecule has 2 aromatic heterocycles. The van der Waals surface area contributed by atoms with E-state index in [1.807, 2.05) is 0 Å². The molecular weight excluding hydrogens is 705 g/mol. The van der Waals surface area contributed by atoms with E-state index >= 15 is 0 Å². The van der Waals surface area contributed by atoms with Gasteiger partial charge in [0, 0.05) is 48.8 Å². The van der Waals surface area contributed by atoms with Gasteiger partial charge in [0.1, 0.15) is 11.2 Å². The van der Waals surface area contributed by atoms with Gasteiger partial charge in [-0.15, -0.1) is 0 Å². The van der Waals surface area contributed by atoms with Crippen LogP contribution in [0.1, 0.15) is 37.2 Å². The van der Waals surface area contributed by atoms with Crippen LogP contribution in [-0.2, 0) is 0 Å². The third-order valence-electron chi connectivity index (χ3n) is 12.7. The van der Waals surface area contributed by atoms with Gasteiger partial charge in [-0.25, -0.2) is 0 Å². The van der Waals surface area contributed by atoms with Crippen LogP contribution >= 0.6 is 0 Å².